The van der Waals surface area contributed by atoms with E-state index in [0.717, 1.165) is 0 Å². The van der Waals surface area contributed by atoms with Crippen LogP contribution >= 0.6 is 24.4 Å². The lowest BCUT2D eigenvalue weighted by Gasteiger charge is -2.20. The minimum Gasteiger partial charge on any atom is -0.293 e. The number of carbonyl (C=O) groups excluding carboxylic acids is 1. The first-order valence-electron chi connectivity index (χ1n) is 5.87. The molecule has 0 fully saturated rings. The van der Waals surface area contributed by atoms with Crippen LogP contribution in [0, 0.1) is 5.92 Å². The third-order valence-electron chi connectivity index (χ3n) is 2.91. The predicted octanol–water partition coefficient (Wildman–Crippen LogP) is 3.51. The zero-order chi connectivity index (χ0) is 14.4. The molecule has 0 saturated heterocycles. The Kier molecular flexibility index (Phi) is 4.61. The van der Waals surface area contributed by atoms with Crippen LogP contribution in [0.5, 0.6) is 0 Å². The molecule has 0 aliphatic heterocycles. The standard InChI is InChI=1S/C15H10N2OS2/c18-14(12-4-2-1-3-5-12)13-6-8-15(9-7-13,16-10-19)17-11-20/h1-9,13H. The Balaban J connectivity index is 2.25. The molecule has 0 bridgehead atoms. The average molecular weight is 298 g/mol. The first kappa shape index (κ1) is 14.4. The molecule has 3 nitrogen and oxygen atoms in total. The van der Waals surface area contributed by atoms with Crippen molar-refractivity contribution in [3.8, 4) is 0 Å². The molecule has 0 spiro atoms. The van der Waals surface area contributed by atoms with Gasteiger partial charge in [0, 0.05) is 5.56 Å². The molecule has 1 aromatic rings. The molecular formula is C15H10N2OS2. The monoisotopic (exact) mass is 298 g/mol. The molecule has 5 heteroatoms. The van der Waals surface area contributed by atoms with E-state index in [2.05, 4.69) is 44.7 Å². The third-order valence-corrected chi connectivity index (χ3v) is 3.09. The highest BCUT2D eigenvalue weighted by Crippen LogP contribution is 2.25. The maximum Gasteiger partial charge on any atom is 0.206 e. The SMILES string of the molecule is O=C(c1ccccc1)C1C=CC(N=C=S)(N=C=S)C=C1. The summed E-state index contributed by atoms with van der Waals surface area (Å²) in [5.41, 5.74) is -0.340. The summed E-state index contributed by atoms with van der Waals surface area (Å²) in [6, 6.07) is 9.12. The van der Waals surface area contributed by atoms with E-state index in [1.807, 2.05) is 18.2 Å². The van der Waals surface area contributed by atoms with Crippen molar-refractivity contribution < 1.29 is 4.79 Å². The lowest BCUT2D eigenvalue weighted by Crippen LogP contribution is -2.23. The summed E-state index contributed by atoms with van der Waals surface area (Å²) in [4.78, 5) is 20.2. The van der Waals surface area contributed by atoms with Gasteiger partial charge in [0.2, 0.25) is 5.66 Å². The molecule has 0 N–H and O–H groups in total. The van der Waals surface area contributed by atoms with Crippen molar-refractivity contribution in [2.24, 2.45) is 15.9 Å². The zero-order valence-corrected chi connectivity index (χ0v) is 12.0. The summed E-state index contributed by atoms with van der Waals surface area (Å²) in [7, 11) is 0. The fourth-order valence-electron chi connectivity index (χ4n) is 1.90. The number of benzene rings is 1. The smallest absolute Gasteiger partial charge is 0.206 e. The van der Waals surface area contributed by atoms with Gasteiger partial charge in [-0.3, -0.25) is 4.79 Å². The van der Waals surface area contributed by atoms with Gasteiger partial charge in [-0.1, -0.05) is 42.5 Å². The summed E-state index contributed by atoms with van der Waals surface area (Å²) in [5.74, 6) is -0.324. The van der Waals surface area contributed by atoms with Crippen molar-refractivity contribution in [2.75, 3.05) is 0 Å². The van der Waals surface area contributed by atoms with Crippen molar-refractivity contribution in [3.05, 3.63) is 60.2 Å². The molecule has 1 aromatic carbocycles. The van der Waals surface area contributed by atoms with Gasteiger partial charge in [-0.25, -0.2) is 0 Å². The van der Waals surface area contributed by atoms with E-state index < -0.39 is 5.66 Å². The van der Waals surface area contributed by atoms with Crippen molar-refractivity contribution in [1.29, 1.82) is 0 Å². The van der Waals surface area contributed by atoms with Crippen LogP contribution in [-0.2, 0) is 0 Å². The highest BCUT2D eigenvalue weighted by Gasteiger charge is 2.27. The normalized spacial score (nSPS) is 23.5. The Morgan fingerprint density at radius 2 is 1.60 bits per heavy atom. The fraction of sp³-hybridized carbons (Fsp3) is 0.133. The van der Waals surface area contributed by atoms with E-state index in [-0.39, 0.29) is 11.7 Å². The van der Waals surface area contributed by atoms with Gasteiger partial charge in [-0.05, 0) is 36.6 Å². The first-order valence-corrected chi connectivity index (χ1v) is 6.68. The Hall–Kier alpha value is -2.03. The summed E-state index contributed by atoms with van der Waals surface area (Å²) in [6.45, 7) is 0. The number of Topliss-reactive ketones (excluding diaryl/α,β-unsaturated/α-hetero) is 1. The Labute approximate surface area is 127 Å². The van der Waals surface area contributed by atoms with Crippen LogP contribution in [0.4, 0.5) is 0 Å². The highest BCUT2D eigenvalue weighted by atomic mass is 32.1. The highest BCUT2D eigenvalue weighted by molar-refractivity contribution is 7.78. The van der Waals surface area contributed by atoms with E-state index in [0.29, 0.717) is 5.56 Å². The van der Waals surface area contributed by atoms with Crippen LogP contribution in [0.15, 0.2) is 64.6 Å². The number of rotatable bonds is 4. The van der Waals surface area contributed by atoms with E-state index in [9.17, 15) is 4.79 Å². The molecule has 2 rings (SSSR count). The minimum absolute atomic E-state index is 0.0179. The Bertz CT molecular complexity index is 632. The van der Waals surface area contributed by atoms with Gasteiger partial charge in [-0.2, -0.15) is 9.98 Å². The van der Waals surface area contributed by atoms with E-state index >= 15 is 0 Å². The van der Waals surface area contributed by atoms with Gasteiger partial charge in [-0.15, -0.1) is 0 Å². The third kappa shape index (κ3) is 3.10. The summed E-state index contributed by atoms with van der Waals surface area (Å²) in [6.07, 6.45) is 6.83. The van der Waals surface area contributed by atoms with E-state index in [1.54, 1.807) is 36.4 Å². The van der Waals surface area contributed by atoms with Crippen LogP contribution in [0.1, 0.15) is 10.4 Å². The molecule has 98 valence electrons. The summed E-state index contributed by atoms with van der Waals surface area (Å²) >= 11 is 9.21. The average Bonchev–Trinajstić information content (AvgIpc) is 2.49. The molecule has 0 heterocycles. The maximum atomic E-state index is 12.3. The number of hydrogen-bond donors (Lipinski definition) is 0. The topological polar surface area (TPSA) is 41.8 Å². The van der Waals surface area contributed by atoms with Crippen molar-refractivity contribution in [1.82, 2.24) is 0 Å². The molecule has 0 radical (unpaired) electrons. The summed E-state index contributed by atoms with van der Waals surface area (Å²) in [5, 5.41) is 4.56. The van der Waals surface area contributed by atoms with Crippen LogP contribution < -0.4 is 0 Å². The fourth-order valence-corrected chi connectivity index (χ4v) is 2.19. The van der Waals surface area contributed by atoms with Gasteiger partial charge >= 0.3 is 0 Å². The van der Waals surface area contributed by atoms with Crippen molar-refractivity contribution >= 4 is 40.5 Å². The molecular weight excluding hydrogens is 288 g/mol. The number of allylic oxidation sites excluding steroid dienone is 2. The van der Waals surface area contributed by atoms with Crippen LogP contribution in [0.25, 0.3) is 0 Å². The maximum absolute atomic E-state index is 12.3. The van der Waals surface area contributed by atoms with Gasteiger partial charge in [0.15, 0.2) is 5.78 Å². The van der Waals surface area contributed by atoms with Crippen molar-refractivity contribution in [3.63, 3.8) is 0 Å². The Morgan fingerprint density at radius 1 is 1.05 bits per heavy atom. The molecule has 0 atom stereocenters. The van der Waals surface area contributed by atoms with Gasteiger partial charge in [0.05, 0.1) is 16.2 Å². The molecule has 20 heavy (non-hydrogen) atoms. The minimum atomic E-state index is -1.00. The van der Waals surface area contributed by atoms with Gasteiger partial charge in [0.25, 0.3) is 0 Å². The van der Waals surface area contributed by atoms with Crippen molar-refractivity contribution in [2.45, 2.75) is 5.66 Å². The molecule has 1 aliphatic rings. The molecule has 0 amide bonds. The molecule has 1 aliphatic carbocycles. The number of carbonyl (C=O) groups is 1. The van der Waals surface area contributed by atoms with E-state index in [4.69, 9.17) is 0 Å². The number of nitrogens with zero attached hydrogens (tertiary/aromatic N) is 2. The second-order valence-electron chi connectivity index (χ2n) is 4.16. The van der Waals surface area contributed by atoms with Crippen LogP contribution in [-0.4, -0.2) is 21.8 Å². The lowest BCUT2D eigenvalue weighted by atomic mass is 9.90. The molecule has 0 unspecified atom stereocenters. The predicted molar refractivity (Wildman–Crippen MR) is 85.3 cm³/mol. The second-order valence-corrected chi connectivity index (χ2v) is 4.53. The number of isothiocyanates is 2. The number of ketones is 1. The molecule has 0 saturated carbocycles. The second kappa shape index (κ2) is 6.42. The lowest BCUT2D eigenvalue weighted by molar-refractivity contribution is 0.0964. The molecule has 0 aromatic heterocycles. The first-order chi connectivity index (χ1) is 9.71. The van der Waals surface area contributed by atoms with E-state index in [1.165, 1.54) is 0 Å². The number of thiocarbonyl (C=S) groups is 2. The largest absolute Gasteiger partial charge is 0.293 e. The van der Waals surface area contributed by atoms with Gasteiger partial charge in [0.1, 0.15) is 0 Å². The van der Waals surface area contributed by atoms with Crippen LogP contribution in [0.3, 0.4) is 0 Å². The van der Waals surface area contributed by atoms with Gasteiger partial charge < -0.3 is 0 Å². The number of hydrogen-bond acceptors (Lipinski definition) is 5. The Morgan fingerprint density at radius 3 is 2.10 bits per heavy atom. The number of aliphatic imine (C=N–C) groups is 2. The quantitative estimate of drug-likeness (QED) is 0.370. The summed E-state index contributed by atoms with van der Waals surface area (Å²) < 4.78 is 0. The zero-order valence-electron chi connectivity index (χ0n) is 10.4. The van der Waals surface area contributed by atoms with Crippen LogP contribution in [0.2, 0.25) is 0 Å².